The molecule has 2 aromatic carbocycles. The summed E-state index contributed by atoms with van der Waals surface area (Å²) in [7, 11) is 0. The number of carbonyl (C=O) groups excluding carboxylic acids is 2. The van der Waals surface area contributed by atoms with Crippen LogP contribution in [-0.4, -0.2) is 18.4 Å². The second-order valence-corrected chi connectivity index (χ2v) is 4.02. The Morgan fingerprint density at radius 2 is 1.50 bits per heavy atom. The molecule has 2 aromatic rings. The molecule has 0 spiro atoms. The normalized spacial score (nSPS) is 11.8. The molecule has 0 unspecified atom stereocenters. The molecule has 3 rings (SSSR count). The molecule has 0 atom stereocenters. The average molecular weight is 291 g/mol. The van der Waals surface area contributed by atoms with Crippen molar-refractivity contribution in [3.05, 3.63) is 60.2 Å². The highest BCUT2D eigenvalue weighted by molar-refractivity contribution is 6.25. The van der Waals surface area contributed by atoms with Crippen LogP contribution in [0.5, 0.6) is 0 Å². The van der Waals surface area contributed by atoms with Crippen LogP contribution in [0, 0.1) is 0 Å². The highest BCUT2D eigenvalue weighted by Crippen LogP contribution is 2.25. The molecule has 0 aliphatic carbocycles. The lowest BCUT2D eigenvalue weighted by atomic mass is 9.95. The topological polar surface area (TPSA) is 72.2 Å². The summed E-state index contributed by atoms with van der Waals surface area (Å²) in [4.78, 5) is 23.1. The van der Waals surface area contributed by atoms with Crippen molar-refractivity contribution in [2.75, 3.05) is 6.54 Å². The smallest absolute Gasteiger partial charge is 0.258 e. The molecule has 0 radical (unpaired) electrons. The number of hydrogen-bond donors (Lipinski definition) is 2. The van der Waals surface area contributed by atoms with Crippen LogP contribution in [-0.2, 0) is 0 Å². The van der Waals surface area contributed by atoms with Gasteiger partial charge < -0.3 is 5.73 Å². The quantitative estimate of drug-likeness (QED) is 0.625. The van der Waals surface area contributed by atoms with Crippen molar-refractivity contribution >= 4 is 35.0 Å². The minimum atomic E-state index is -0.315. The molecule has 0 saturated carbocycles. The van der Waals surface area contributed by atoms with Crippen LogP contribution in [0.15, 0.2) is 49.1 Å². The van der Waals surface area contributed by atoms with Crippen molar-refractivity contribution in [2.45, 2.75) is 0 Å². The Bertz CT molecular complexity index is 619. The number of benzene rings is 2. The Morgan fingerprint density at radius 3 is 1.90 bits per heavy atom. The highest BCUT2D eigenvalue weighted by Gasteiger charge is 2.23. The van der Waals surface area contributed by atoms with Gasteiger partial charge in [0.25, 0.3) is 11.8 Å². The van der Waals surface area contributed by atoms with E-state index in [1.807, 2.05) is 24.3 Å². The fraction of sp³-hybridized carbons (Fsp3) is 0.0667. The molecular weight excluding hydrogens is 276 g/mol. The van der Waals surface area contributed by atoms with Crippen LogP contribution >= 0.6 is 12.4 Å². The van der Waals surface area contributed by atoms with E-state index in [0.29, 0.717) is 17.7 Å². The first-order chi connectivity index (χ1) is 9.19. The zero-order valence-electron chi connectivity index (χ0n) is 10.8. The maximum Gasteiger partial charge on any atom is 0.258 e. The van der Waals surface area contributed by atoms with Crippen molar-refractivity contribution in [1.82, 2.24) is 5.32 Å². The van der Waals surface area contributed by atoms with E-state index in [1.165, 1.54) is 0 Å². The molecule has 0 aromatic heterocycles. The first kappa shape index (κ1) is 15.9. The summed E-state index contributed by atoms with van der Waals surface area (Å²) < 4.78 is 0. The summed E-state index contributed by atoms with van der Waals surface area (Å²) in [5.41, 5.74) is 6.05. The summed E-state index contributed by atoms with van der Waals surface area (Å²) in [6.07, 6.45) is 1.65. The van der Waals surface area contributed by atoms with Gasteiger partial charge in [-0.1, -0.05) is 30.3 Å². The van der Waals surface area contributed by atoms with Crippen molar-refractivity contribution in [3.63, 3.8) is 0 Å². The van der Waals surface area contributed by atoms with Gasteiger partial charge in [0.2, 0.25) is 0 Å². The lowest BCUT2D eigenvalue weighted by Gasteiger charge is -2.15. The van der Waals surface area contributed by atoms with Crippen LogP contribution in [0.25, 0.3) is 10.8 Å². The Morgan fingerprint density at radius 1 is 1.05 bits per heavy atom. The van der Waals surface area contributed by atoms with Gasteiger partial charge in [0.15, 0.2) is 0 Å². The number of hydrogen-bond acceptors (Lipinski definition) is 3. The zero-order chi connectivity index (χ0) is 13.8. The van der Waals surface area contributed by atoms with Gasteiger partial charge in [0.1, 0.15) is 0 Å². The molecule has 3 N–H and O–H groups in total. The molecule has 5 heteroatoms. The van der Waals surface area contributed by atoms with Crippen LogP contribution < -0.4 is 11.1 Å². The summed E-state index contributed by atoms with van der Waals surface area (Å²) in [6.45, 7) is 3.94. The summed E-state index contributed by atoms with van der Waals surface area (Å²) in [5, 5.41) is 4.00. The fourth-order valence-electron chi connectivity index (χ4n) is 1.96. The molecule has 0 saturated heterocycles. The second-order valence-electron chi connectivity index (χ2n) is 4.02. The maximum atomic E-state index is 11.6. The van der Waals surface area contributed by atoms with Gasteiger partial charge in [0, 0.05) is 23.1 Å². The largest absolute Gasteiger partial charge is 0.327 e. The minimum Gasteiger partial charge on any atom is -0.327 e. The Labute approximate surface area is 123 Å². The van der Waals surface area contributed by atoms with E-state index in [1.54, 1.807) is 18.2 Å². The Kier molecular flexibility index (Phi) is 5.43. The number of nitrogens with two attached hydrogens (primary N) is 1. The molecule has 20 heavy (non-hydrogen) atoms. The van der Waals surface area contributed by atoms with Gasteiger partial charge in [-0.05, 0) is 17.5 Å². The summed E-state index contributed by atoms with van der Waals surface area (Å²) in [5.74, 6) is -0.631. The molecule has 0 bridgehead atoms. The molecule has 0 fully saturated rings. The third-order valence-corrected chi connectivity index (χ3v) is 2.79. The number of rotatable bonds is 1. The first-order valence-corrected chi connectivity index (χ1v) is 5.87. The predicted molar refractivity (Wildman–Crippen MR) is 82.2 cm³/mol. The zero-order valence-corrected chi connectivity index (χ0v) is 11.6. The van der Waals surface area contributed by atoms with Crippen LogP contribution in [0.1, 0.15) is 20.7 Å². The lowest BCUT2D eigenvalue weighted by Crippen LogP contribution is -2.34. The third kappa shape index (κ3) is 2.87. The molecule has 1 heterocycles. The molecule has 4 nitrogen and oxygen atoms in total. The van der Waals surface area contributed by atoms with E-state index in [4.69, 9.17) is 5.73 Å². The van der Waals surface area contributed by atoms with Crippen LogP contribution in [0.4, 0.5) is 0 Å². The number of amides is 2. The number of halogens is 1. The predicted octanol–water partition coefficient (Wildman–Crippen LogP) is 2.28. The van der Waals surface area contributed by atoms with Crippen molar-refractivity contribution in [1.29, 1.82) is 0 Å². The van der Waals surface area contributed by atoms with Crippen molar-refractivity contribution in [3.8, 4) is 0 Å². The van der Waals surface area contributed by atoms with E-state index in [-0.39, 0.29) is 24.2 Å². The number of imide groups is 1. The van der Waals surface area contributed by atoms with Gasteiger partial charge in [-0.3, -0.25) is 14.9 Å². The third-order valence-electron chi connectivity index (χ3n) is 2.79. The van der Waals surface area contributed by atoms with E-state index in [9.17, 15) is 9.59 Å². The van der Waals surface area contributed by atoms with Crippen molar-refractivity contribution in [2.24, 2.45) is 5.73 Å². The molecule has 1 aliphatic heterocycles. The Hall–Kier alpha value is -2.17. The van der Waals surface area contributed by atoms with Crippen LogP contribution in [0.2, 0.25) is 0 Å². The minimum absolute atomic E-state index is 0. The van der Waals surface area contributed by atoms with Gasteiger partial charge in [0.05, 0.1) is 0 Å². The molecule has 104 valence electrons. The van der Waals surface area contributed by atoms with Crippen LogP contribution in [0.3, 0.4) is 0 Å². The molecule has 1 aliphatic rings. The van der Waals surface area contributed by atoms with Gasteiger partial charge in [-0.2, -0.15) is 0 Å². The van der Waals surface area contributed by atoms with E-state index >= 15 is 0 Å². The Balaban J connectivity index is 0.000000359. The van der Waals surface area contributed by atoms with Gasteiger partial charge in [-0.15, -0.1) is 19.0 Å². The van der Waals surface area contributed by atoms with Crippen molar-refractivity contribution < 1.29 is 9.59 Å². The molecular formula is C15H15ClN2O2. The highest BCUT2D eigenvalue weighted by atomic mass is 35.5. The second kappa shape index (κ2) is 6.84. The number of carbonyl (C=O) groups is 2. The first-order valence-electron chi connectivity index (χ1n) is 5.87. The lowest BCUT2D eigenvalue weighted by molar-refractivity contribution is 0.0845. The van der Waals surface area contributed by atoms with Gasteiger partial charge >= 0.3 is 0 Å². The van der Waals surface area contributed by atoms with E-state index in [2.05, 4.69) is 11.9 Å². The SMILES string of the molecule is C=CCN.Cl.O=C1NC(=O)c2cccc3cccc1c23. The monoisotopic (exact) mass is 290 g/mol. The number of nitrogens with one attached hydrogen (secondary N) is 1. The fourth-order valence-corrected chi connectivity index (χ4v) is 1.96. The van der Waals surface area contributed by atoms with E-state index in [0.717, 1.165) is 10.8 Å². The summed E-state index contributed by atoms with van der Waals surface area (Å²) in [6, 6.07) is 10.9. The van der Waals surface area contributed by atoms with Gasteiger partial charge in [-0.25, -0.2) is 0 Å². The molecule has 2 amide bonds. The average Bonchev–Trinajstić information content (AvgIpc) is 2.45. The summed E-state index contributed by atoms with van der Waals surface area (Å²) >= 11 is 0. The standard InChI is InChI=1S/C12H7NO2.C3H7N.ClH/c14-11-8-5-1-3-7-4-2-6-9(10(7)8)12(15)13-11;1-2-3-4;/h1-6H,(H,13,14,15);2H,1,3-4H2;1H. The maximum absolute atomic E-state index is 11.6. The van der Waals surface area contributed by atoms with E-state index < -0.39 is 0 Å².